The Labute approximate surface area is 69.4 Å². The van der Waals surface area contributed by atoms with Crippen molar-refractivity contribution in [2.45, 2.75) is 25.7 Å². The summed E-state index contributed by atoms with van der Waals surface area (Å²) in [6.07, 6.45) is 6.26. The Morgan fingerprint density at radius 3 is 2.64 bits per heavy atom. The summed E-state index contributed by atoms with van der Waals surface area (Å²) in [6, 6.07) is 0. The number of hydrogen-bond acceptors (Lipinski definition) is 2. The zero-order valence-corrected chi connectivity index (χ0v) is 7.22. The summed E-state index contributed by atoms with van der Waals surface area (Å²) in [5, 5.41) is 0. The molecule has 0 atom stereocenters. The lowest BCUT2D eigenvalue weighted by Crippen LogP contribution is -2.00. The van der Waals surface area contributed by atoms with E-state index in [1.807, 2.05) is 6.08 Å². The monoisotopic (exact) mass is 157 g/mol. The molecule has 0 aliphatic carbocycles. The predicted octanol–water partition coefficient (Wildman–Crippen LogP) is 1.71. The second kappa shape index (κ2) is 9.66. The topological polar surface area (TPSA) is 35.2 Å². The van der Waals surface area contributed by atoms with Crippen LogP contribution in [0.15, 0.2) is 12.7 Å². The summed E-state index contributed by atoms with van der Waals surface area (Å²) in [5.41, 5.74) is 5.34. The molecule has 2 N–H and O–H groups in total. The number of unbranched alkanes of at least 4 members (excludes halogenated alkanes) is 2. The molecule has 0 aromatic heterocycles. The molecular weight excluding hydrogens is 138 g/mol. The van der Waals surface area contributed by atoms with E-state index in [9.17, 15) is 0 Å². The van der Waals surface area contributed by atoms with Gasteiger partial charge in [0.25, 0.3) is 0 Å². The minimum absolute atomic E-state index is 0.798. The molecule has 0 fully saturated rings. The number of rotatable bonds is 8. The van der Waals surface area contributed by atoms with Gasteiger partial charge in [0, 0.05) is 13.2 Å². The molecule has 0 aliphatic heterocycles. The van der Waals surface area contributed by atoms with Crippen LogP contribution in [0.25, 0.3) is 0 Å². The normalized spacial score (nSPS) is 9.91. The SMILES string of the molecule is C=CCCOCCCCCN. The van der Waals surface area contributed by atoms with E-state index in [0.29, 0.717) is 0 Å². The van der Waals surface area contributed by atoms with Gasteiger partial charge in [0.1, 0.15) is 0 Å². The summed E-state index contributed by atoms with van der Waals surface area (Å²) < 4.78 is 5.31. The molecule has 11 heavy (non-hydrogen) atoms. The highest BCUT2D eigenvalue weighted by atomic mass is 16.5. The van der Waals surface area contributed by atoms with Crippen molar-refractivity contribution >= 4 is 0 Å². The molecule has 0 aliphatic rings. The molecular formula is C9H19NO. The van der Waals surface area contributed by atoms with E-state index in [1.165, 1.54) is 6.42 Å². The Morgan fingerprint density at radius 1 is 1.18 bits per heavy atom. The predicted molar refractivity (Wildman–Crippen MR) is 48.5 cm³/mol. The zero-order chi connectivity index (χ0) is 8.36. The second-order valence-corrected chi connectivity index (χ2v) is 2.54. The van der Waals surface area contributed by atoms with E-state index in [2.05, 4.69) is 6.58 Å². The molecule has 0 unspecified atom stereocenters. The van der Waals surface area contributed by atoms with Crippen LogP contribution in [0.4, 0.5) is 0 Å². The van der Waals surface area contributed by atoms with Crippen molar-refractivity contribution in [1.29, 1.82) is 0 Å². The molecule has 2 heteroatoms. The first-order chi connectivity index (χ1) is 5.41. The van der Waals surface area contributed by atoms with Gasteiger partial charge in [-0.2, -0.15) is 0 Å². The maximum Gasteiger partial charge on any atom is 0.0500 e. The van der Waals surface area contributed by atoms with E-state index in [-0.39, 0.29) is 0 Å². The fourth-order valence-corrected chi connectivity index (χ4v) is 0.794. The van der Waals surface area contributed by atoms with Crippen LogP contribution in [0.5, 0.6) is 0 Å². The highest BCUT2D eigenvalue weighted by molar-refractivity contribution is 4.64. The largest absolute Gasteiger partial charge is 0.381 e. The average molecular weight is 157 g/mol. The van der Waals surface area contributed by atoms with Gasteiger partial charge in [-0.25, -0.2) is 0 Å². The van der Waals surface area contributed by atoms with Gasteiger partial charge in [0.2, 0.25) is 0 Å². The van der Waals surface area contributed by atoms with Crippen LogP contribution in [0.1, 0.15) is 25.7 Å². The summed E-state index contributed by atoms with van der Waals surface area (Å²) in [5.74, 6) is 0. The molecule has 0 saturated heterocycles. The molecule has 0 amide bonds. The van der Waals surface area contributed by atoms with Crippen LogP contribution < -0.4 is 5.73 Å². The van der Waals surface area contributed by atoms with Crippen molar-refractivity contribution in [1.82, 2.24) is 0 Å². The number of hydrogen-bond donors (Lipinski definition) is 1. The fraction of sp³-hybridized carbons (Fsp3) is 0.778. The Bertz CT molecular complexity index is 83.6. The number of ether oxygens (including phenoxy) is 1. The first-order valence-corrected chi connectivity index (χ1v) is 4.30. The van der Waals surface area contributed by atoms with E-state index < -0.39 is 0 Å². The van der Waals surface area contributed by atoms with Crippen LogP contribution in [0.2, 0.25) is 0 Å². The van der Waals surface area contributed by atoms with Crippen molar-refractivity contribution in [3.05, 3.63) is 12.7 Å². The lowest BCUT2D eigenvalue weighted by Gasteiger charge is -2.00. The summed E-state index contributed by atoms with van der Waals surface area (Å²) in [7, 11) is 0. The van der Waals surface area contributed by atoms with Gasteiger partial charge in [-0.3, -0.25) is 0 Å². The van der Waals surface area contributed by atoms with Crippen LogP contribution in [0, 0.1) is 0 Å². The summed E-state index contributed by atoms with van der Waals surface area (Å²) in [4.78, 5) is 0. The minimum atomic E-state index is 0.798. The van der Waals surface area contributed by atoms with Crippen LogP contribution in [0.3, 0.4) is 0 Å². The molecule has 0 radical (unpaired) electrons. The summed E-state index contributed by atoms with van der Waals surface area (Å²) >= 11 is 0. The molecule has 0 spiro atoms. The van der Waals surface area contributed by atoms with Gasteiger partial charge in [-0.15, -0.1) is 6.58 Å². The number of nitrogens with two attached hydrogens (primary N) is 1. The molecule has 0 heterocycles. The minimum Gasteiger partial charge on any atom is -0.381 e. The van der Waals surface area contributed by atoms with Crippen molar-refractivity contribution in [2.75, 3.05) is 19.8 Å². The Kier molecular flexibility index (Phi) is 9.36. The molecule has 0 bridgehead atoms. The van der Waals surface area contributed by atoms with Gasteiger partial charge in [0.05, 0.1) is 0 Å². The van der Waals surface area contributed by atoms with Crippen LogP contribution >= 0.6 is 0 Å². The molecule has 0 aromatic rings. The van der Waals surface area contributed by atoms with E-state index >= 15 is 0 Å². The maximum absolute atomic E-state index is 5.34. The molecule has 0 rings (SSSR count). The van der Waals surface area contributed by atoms with E-state index in [1.54, 1.807) is 0 Å². The molecule has 66 valence electrons. The third kappa shape index (κ3) is 9.66. The van der Waals surface area contributed by atoms with Gasteiger partial charge < -0.3 is 10.5 Å². The summed E-state index contributed by atoms with van der Waals surface area (Å²) in [6.45, 7) is 6.09. The van der Waals surface area contributed by atoms with Crippen LogP contribution in [-0.2, 0) is 4.74 Å². The van der Waals surface area contributed by atoms with E-state index in [0.717, 1.165) is 39.0 Å². The molecule has 2 nitrogen and oxygen atoms in total. The van der Waals surface area contributed by atoms with Gasteiger partial charge in [-0.1, -0.05) is 6.08 Å². The molecule has 0 aromatic carbocycles. The van der Waals surface area contributed by atoms with Crippen molar-refractivity contribution < 1.29 is 4.74 Å². The highest BCUT2D eigenvalue weighted by Crippen LogP contribution is 1.94. The highest BCUT2D eigenvalue weighted by Gasteiger charge is 1.87. The van der Waals surface area contributed by atoms with Crippen LogP contribution in [-0.4, -0.2) is 19.8 Å². The Morgan fingerprint density at radius 2 is 2.00 bits per heavy atom. The van der Waals surface area contributed by atoms with Gasteiger partial charge in [0.15, 0.2) is 0 Å². The Balaban J connectivity index is 2.74. The quantitative estimate of drug-likeness (QED) is 0.430. The van der Waals surface area contributed by atoms with Gasteiger partial charge in [-0.05, 0) is 32.2 Å². The lowest BCUT2D eigenvalue weighted by atomic mass is 10.2. The van der Waals surface area contributed by atoms with Crippen molar-refractivity contribution in [3.8, 4) is 0 Å². The third-order valence-electron chi connectivity index (χ3n) is 1.46. The lowest BCUT2D eigenvalue weighted by molar-refractivity contribution is 0.134. The standard InChI is InChI=1S/C9H19NO/c1-2-3-8-11-9-6-4-5-7-10/h2H,1,3-10H2. The van der Waals surface area contributed by atoms with Crippen molar-refractivity contribution in [2.24, 2.45) is 5.73 Å². The average Bonchev–Trinajstić information content (AvgIpc) is 2.03. The first-order valence-electron chi connectivity index (χ1n) is 4.30. The van der Waals surface area contributed by atoms with E-state index in [4.69, 9.17) is 10.5 Å². The maximum atomic E-state index is 5.34. The second-order valence-electron chi connectivity index (χ2n) is 2.54. The molecule has 0 saturated carbocycles. The Hall–Kier alpha value is -0.340. The fourth-order valence-electron chi connectivity index (χ4n) is 0.794. The van der Waals surface area contributed by atoms with Crippen molar-refractivity contribution in [3.63, 3.8) is 0 Å². The van der Waals surface area contributed by atoms with Gasteiger partial charge >= 0.3 is 0 Å². The smallest absolute Gasteiger partial charge is 0.0500 e. The first kappa shape index (κ1) is 10.7. The third-order valence-corrected chi connectivity index (χ3v) is 1.46. The zero-order valence-electron chi connectivity index (χ0n) is 7.22.